The van der Waals surface area contributed by atoms with Crippen molar-refractivity contribution in [3.8, 4) is 0 Å². The van der Waals surface area contributed by atoms with E-state index in [1.54, 1.807) is 0 Å². The van der Waals surface area contributed by atoms with Crippen molar-refractivity contribution < 1.29 is 28.6 Å². The first-order valence-electron chi connectivity index (χ1n) is 29.9. The minimum Gasteiger partial charge on any atom is -0.462 e. The standard InChI is InChI=1S/C60H116O6/c1-5-7-9-11-13-15-17-19-22-27-31-35-39-43-47-51-58(61)64-54-57(66-60(63)53-49-45-41-37-33-29-23-20-18-16-14-12-10-8-6-2)55-65-59(62)52-48-44-40-36-32-28-25-21-24-26-30-34-38-42-46-50-56(3)4/h56-57H,5-55H2,1-4H3/t57-/m0/s1. The number of ether oxygens (including phenoxy) is 3. The lowest BCUT2D eigenvalue weighted by molar-refractivity contribution is -0.167. The molecule has 0 amide bonds. The zero-order chi connectivity index (χ0) is 48.1. The van der Waals surface area contributed by atoms with Crippen molar-refractivity contribution >= 4 is 17.9 Å². The summed E-state index contributed by atoms with van der Waals surface area (Å²) in [6, 6.07) is 0. The molecule has 0 aliphatic rings. The average Bonchev–Trinajstić information content (AvgIpc) is 3.30. The molecule has 0 N–H and O–H groups in total. The third-order valence-electron chi connectivity index (χ3n) is 13.8. The average molecular weight is 934 g/mol. The third kappa shape index (κ3) is 53.4. The molecule has 0 aliphatic heterocycles. The van der Waals surface area contributed by atoms with Gasteiger partial charge in [-0.05, 0) is 25.2 Å². The van der Waals surface area contributed by atoms with Crippen molar-refractivity contribution in [1.82, 2.24) is 0 Å². The van der Waals surface area contributed by atoms with E-state index in [2.05, 4.69) is 27.7 Å². The van der Waals surface area contributed by atoms with Crippen LogP contribution >= 0.6 is 0 Å². The second-order valence-electron chi connectivity index (χ2n) is 21.1. The molecule has 0 aliphatic carbocycles. The second-order valence-corrected chi connectivity index (χ2v) is 21.1. The van der Waals surface area contributed by atoms with Crippen LogP contribution in [0.15, 0.2) is 0 Å². The molecule has 6 heteroatoms. The van der Waals surface area contributed by atoms with Crippen LogP contribution in [-0.2, 0) is 28.6 Å². The summed E-state index contributed by atoms with van der Waals surface area (Å²) < 4.78 is 16.9. The van der Waals surface area contributed by atoms with Crippen LogP contribution in [0.1, 0.15) is 342 Å². The third-order valence-corrected chi connectivity index (χ3v) is 13.8. The van der Waals surface area contributed by atoms with Gasteiger partial charge >= 0.3 is 17.9 Å². The van der Waals surface area contributed by atoms with E-state index in [-0.39, 0.29) is 31.1 Å². The molecule has 392 valence electrons. The molecule has 1 atom stereocenters. The predicted molar refractivity (Wildman–Crippen MR) is 284 cm³/mol. The van der Waals surface area contributed by atoms with E-state index in [0.29, 0.717) is 19.3 Å². The first kappa shape index (κ1) is 64.4. The highest BCUT2D eigenvalue weighted by molar-refractivity contribution is 5.71. The van der Waals surface area contributed by atoms with Crippen molar-refractivity contribution in [2.75, 3.05) is 13.2 Å². The molecule has 0 fully saturated rings. The summed E-state index contributed by atoms with van der Waals surface area (Å²) >= 11 is 0. The monoisotopic (exact) mass is 933 g/mol. The van der Waals surface area contributed by atoms with E-state index in [9.17, 15) is 14.4 Å². The van der Waals surface area contributed by atoms with Gasteiger partial charge in [0.05, 0.1) is 0 Å². The molecule has 66 heavy (non-hydrogen) atoms. The number of esters is 3. The predicted octanol–water partition coefficient (Wildman–Crippen LogP) is 19.8. The fraction of sp³-hybridized carbons (Fsp3) is 0.950. The van der Waals surface area contributed by atoms with Gasteiger partial charge in [0.25, 0.3) is 0 Å². The summed E-state index contributed by atoms with van der Waals surface area (Å²) in [6.07, 6.45) is 59.5. The topological polar surface area (TPSA) is 78.9 Å². The normalized spacial score (nSPS) is 12.0. The first-order chi connectivity index (χ1) is 32.4. The summed E-state index contributed by atoms with van der Waals surface area (Å²) in [7, 11) is 0. The van der Waals surface area contributed by atoms with Crippen molar-refractivity contribution in [3.05, 3.63) is 0 Å². The molecule has 0 rings (SSSR count). The van der Waals surface area contributed by atoms with Crippen LogP contribution in [-0.4, -0.2) is 37.2 Å². The van der Waals surface area contributed by atoms with Crippen LogP contribution in [0.5, 0.6) is 0 Å². The second kappa shape index (κ2) is 54.4. The molecule has 0 aromatic heterocycles. The lowest BCUT2D eigenvalue weighted by Gasteiger charge is -2.18. The molecular weight excluding hydrogens is 817 g/mol. The van der Waals surface area contributed by atoms with E-state index < -0.39 is 6.10 Å². The molecule has 0 saturated heterocycles. The van der Waals surface area contributed by atoms with Crippen molar-refractivity contribution in [1.29, 1.82) is 0 Å². The number of unbranched alkanes of at least 4 members (excludes halogenated alkanes) is 42. The zero-order valence-corrected chi connectivity index (χ0v) is 45.2. The Morgan fingerprint density at radius 3 is 0.742 bits per heavy atom. The Bertz CT molecular complexity index is 996. The summed E-state index contributed by atoms with van der Waals surface area (Å²) in [4.78, 5) is 38.2. The van der Waals surface area contributed by atoms with Crippen LogP contribution in [0.25, 0.3) is 0 Å². The summed E-state index contributed by atoms with van der Waals surface area (Å²) in [5.74, 6) is 0.0173. The zero-order valence-electron chi connectivity index (χ0n) is 45.2. The van der Waals surface area contributed by atoms with Gasteiger partial charge in [0, 0.05) is 19.3 Å². The number of hydrogen-bond donors (Lipinski definition) is 0. The molecule has 0 bridgehead atoms. The van der Waals surface area contributed by atoms with Gasteiger partial charge in [-0.3, -0.25) is 14.4 Å². The molecule has 0 heterocycles. The summed E-state index contributed by atoms with van der Waals surface area (Å²) in [6.45, 7) is 9.08. The summed E-state index contributed by atoms with van der Waals surface area (Å²) in [5.41, 5.74) is 0. The van der Waals surface area contributed by atoms with Gasteiger partial charge in [-0.2, -0.15) is 0 Å². The van der Waals surface area contributed by atoms with Crippen LogP contribution in [0.2, 0.25) is 0 Å². The number of carbonyl (C=O) groups is 3. The van der Waals surface area contributed by atoms with Crippen LogP contribution < -0.4 is 0 Å². The fourth-order valence-corrected chi connectivity index (χ4v) is 9.28. The van der Waals surface area contributed by atoms with Gasteiger partial charge in [0.2, 0.25) is 0 Å². The molecule has 0 aromatic rings. The van der Waals surface area contributed by atoms with E-state index in [1.807, 2.05) is 0 Å². The quantitative estimate of drug-likeness (QED) is 0.0343. The highest BCUT2D eigenvalue weighted by Gasteiger charge is 2.19. The fourth-order valence-electron chi connectivity index (χ4n) is 9.28. The van der Waals surface area contributed by atoms with Gasteiger partial charge in [-0.15, -0.1) is 0 Å². The maximum Gasteiger partial charge on any atom is 0.306 e. The van der Waals surface area contributed by atoms with Crippen LogP contribution in [0, 0.1) is 5.92 Å². The SMILES string of the molecule is CCCCCCCCCCCCCCCCCC(=O)OC[C@@H](COC(=O)CCCCCCCCCCCCCCCCCC(C)C)OC(=O)CCCCCCCCCCCCCCCCC. The van der Waals surface area contributed by atoms with Gasteiger partial charge in [0.15, 0.2) is 6.10 Å². The Morgan fingerprint density at radius 1 is 0.288 bits per heavy atom. The largest absolute Gasteiger partial charge is 0.462 e. The van der Waals surface area contributed by atoms with E-state index in [0.717, 1.165) is 63.7 Å². The van der Waals surface area contributed by atoms with Gasteiger partial charge < -0.3 is 14.2 Å². The molecule has 0 unspecified atom stereocenters. The lowest BCUT2D eigenvalue weighted by atomic mass is 10.0. The van der Waals surface area contributed by atoms with Crippen LogP contribution in [0.4, 0.5) is 0 Å². The van der Waals surface area contributed by atoms with E-state index in [1.165, 1.54) is 238 Å². The molecular formula is C60H116O6. The molecule has 0 saturated carbocycles. The molecule has 6 nitrogen and oxygen atoms in total. The van der Waals surface area contributed by atoms with Crippen LogP contribution in [0.3, 0.4) is 0 Å². The number of carbonyl (C=O) groups excluding carboxylic acids is 3. The Hall–Kier alpha value is -1.59. The van der Waals surface area contributed by atoms with Crippen molar-refractivity contribution in [2.24, 2.45) is 5.92 Å². The van der Waals surface area contributed by atoms with Crippen molar-refractivity contribution in [2.45, 2.75) is 348 Å². The number of rotatable bonds is 55. The smallest absolute Gasteiger partial charge is 0.306 e. The van der Waals surface area contributed by atoms with Crippen molar-refractivity contribution in [3.63, 3.8) is 0 Å². The Balaban J connectivity index is 4.28. The minimum absolute atomic E-state index is 0.0615. The highest BCUT2D eigenvalue weighted by atomic mass is 16.6. The van der Waals surface area contributed by atoms with Gasteiger partial charge in [0.1, 0.15) is 13.2 Å². The molecule has 0 spiro atoms. The summed E-state index contributed by atoms with van der Waals surface area (Å²) in [5, 5.41) is 0. The Labute approximate surface area is 412 Å². The van der Waals surface area contributed by atoms with E-state index >= 15 is 0 Å². The maximum absolute atomic E-state index is 12.9. The lowest BCUT2D eigenvalue weighted by Crippen LogP contribution is -2.30. The molecule has 0 aromatic carbocycles. The van der Waals surface area contributed by atoms with Gasteiger partial charge in [-0.25, -0.2) is 0 Å². The highest BCUT2D eigenvalue weighted by Crippen LogP contribution is 2.18. The van der Waals surface area contributed by atoms with E-state index in [4.69, 9.17) is 14.2 Å². The Morgan fingerprint density at radius 2 is 0.500 bits per heavy atom. The van der Waals surface area contributed by atoms with Gasteiger partial charge in [-0.1, -0.05) is 304 Å². The molecule has 0 radical (unpaired) electrons. The first-order valence-corrected chi connectivity index (χ1v) is 29.9. The minimum atomic E-state index is -0.762. The maximum atomic E-state index is 12.9. The number of hydrogen-bond acceptors (Lipinski definition) is 6. The Kier molecular flexibility index (Phi) is 53.0.